The number of benzene rings is 2. The molecule has 3 aromatic heterocycles. The summed E-state index contributed by atoms with van der Waals surface area (Å²) in [5.74, 6) is 0.763. The largest absolute Gasteiger partial charge is 0.377 e. The third-order valence-corrected chi connectivity index (χ3v) is 8.21. The van der Waals surface area contributed by atoms with Gasteiger partial charge < -0.3 is 19.1 Å². The fourth-order valence-electron chi connectivity index (χ4n) is 4.03. The number of nitrogens with one attached hydrogen (secondary N) is 1. The van der Waals surface area contributed by atoms with Gasteiger partial charge in [0.15, 0.2) is 15.6 Å². The first kappa shape index (κ1) is 26.8. The zero-order valence-electron chi connectivity index (χ0n) is 20.9. The van der Waals surface area contributed by atoms with Crippen molar-refractivity contribution in [3.05, 3.63) is 94.5 Å². The van der Waals surface area contributed by atoms with Gasteiger partial charge in [0.05, 0.1) is 20.7 Å². The molecule has 5 rings (SSSR count). The molecule has 0 aliphatic rings. The number of sulfone groups is 1. The lowest BCUT2D eigenvalue weighted by molar-refractivity contribution is 0.102. The Kier molecular flexibility index (Phi) is 7.67. The van der Waals surface area contributed by atoms with E-state index in [0.717, 1.165) is 10.4 Å². The van der Waals surface area contributed by atoms with Crippen LogP contribution in [0.5, 0.6) is 0 Å². The predicted octanol–water partition coefficient (Wildman–Crippen LogP) is 5.77. The Morgan fingerprint density at radius 2 is 1.90 bits per heavy atom. The number of methoxy groups -OCH3 is 1. The zero-order chi connectivity index (χ0) is 27.6. The summed E-state index contributed by atoms with van der Waals surface area (Å²) in [7, 11) is -1.84. The van der Waals surface area contributed by atoms with E-state index >= 15 is 0 Å². The molecule has 200 valence electrons. The van der Waals surface area contributed by atoms with E-state index in [9.17, 15) is 13.2 Å². The van der Waals surface area contributed by atoms with Gasteiger partial charge in [-0.1, -0.05) is 47.1 Å². The molecule has 12 heteroatoms. The van der Waals surface area contributed by atoms with E-state index in [0.29, 0.717) is 39.4 Å². The molecule has 0 fully saturated rings. The first-order chi connectivity index (χ1) is 18.7. The van der Waals surface area contributed by atoms with Crippen molar-refractivity contribution in [3.8, 4) is 21.8 Å². The minimum Gasteiger partial charge on any atom is -0.377 e. The smallest absolute Gasteiger partial charge is 0.275 e. The Hall–Kier alpha value is -3.77. The van der Waals surface area contributed by atoms with Crippen molar-refractivity contribution in [2.75, 3.05) is 18.7 Å². The van der Waals surface area contributed by atoms with E-state index < -0.39 is 15.7 Å². The van der Waals surface area contributed by atoms with Crippen molar-refractivity contribution < 1.29 is 22.5 Å². The quantitative estimate of drug-likeness (QED) is 0.234. The van der Waals surface area contributed by atoms with E-state index in [-0.39, 0.29) is 17.2 Å². The first-order valence-electron chi connectivity index (χ1n) is 11.7. The summed E-state index contributed by atoms with van der Waals surface area (Å²) < 4.78 is 37.5. The number of anilines is 1. The number of ether oxygens (including phenoxy) is 1. The average molecular weight is 583 g/mol. The van der Waals surface area contributed by atoms with Gasteiger partial charge >= 0.3 is 0 Å². The summed E-state index contributed by atoms with van der Waals surface area (Å²) >= 11 is 7.42. The minimum atomic E-state index is -3.39. The van der Waals surface area contributed by atoms with E-state index in [4.69, 9.17) is 20.9 Å². The van der Waals surface area contributed by atoms with Gasteiger partial charge in [0, 0.05) is 36.9 Å². The lowest BCUT2D eigenvalue weighted by Gasteiger charge is -2.09. The number of carbonyl (C=O) groups excluding carboxylic acids is 1. The zero-order valence-corrected chi connectivity index (χ0v) is 23.3. The van der Waals surface area contributed by atoms with Gasteiger partial charge in [-0.3, -0.25) is 4.79 Å². The number of carbonyl (C=O) groups is 1. The molecule has 9 nitrogen and oxygen atoms in total. The van der Waals surface area contributed by atoms with Gasteiger partial charge in [0.25, 0.3) is 5.91 Å². The molecule has 0 atom stereocenters. The van der Waals surface area contributed by atoms with E-state index in [1.807, 2.05) is 12.1 Å². The first-order valence-corrected chi connectivity index (χ1v) is 14.8. The number of hydrogen-bond donors (Lipinski definition) is 1. The topological polar surface area (TPSA) is 116 Å². The second kappa shape index (κ2) is 11.1. The van der Waals surface area contributed by atoms with Crippen molar-refractivity contribution in [3.63, 3.8) is 0 Å². The number of thiophene rings is 1. The van der Waals surface area contributed by atoms with Crippen LogP contribution in [0.15, 0.2) is 82.3 Å². The van der Waals surface area contributed by atoms with Crippen LogP contribution in [0.1, 0.15) is 22.0 Å². The van der Waals surface area contributed by atoms with Gasteiger partial charge in [-0.2, -0.15) is 0 Å². The van der Waals surface area contributed by atoms with Crippen molar-refractivity contribution in [2.24, 2.45) is 0 Å². The van der Waals surface area contributed by atoms with Gasteiger partial charge in [0.2, 0.25) is 0 Å². The van der Waals surface area contributed by atoms with Crippen LogP contribution in [-0.4, -0.2) is 42.4 Å². The number of aromatic nitrogens is 3. The van der Waals surface area contributed by atoms with Crippen molar-refractivity contribution >= 4 is 44.4 Å². The summed E-state index contributed by atoms with van der Waals surface area (Å²) in [6.45, 7) is 0.531. The predicted molar refractivity (Wildman–Crippen MR) is 150 cm³/mol. The van der Waals surface area contributed by atoms with Crippen LogP contribution >= 0.6 is 22.9 Å². The van der Waals surface area contributed by atoms with E-state index in [2.05, 4.69) is 15.5 Å². The monoisotopic (exact) mass is 582 g/mol. The summed E-state index contributed by atoms with van der Waals surface area (Å²) in [6, 6.07) is 19.2. The number of imidazole rings is 1. The van der Waals surface area contributed by atoms with Crippen LogP contribution in [0.25, 0.3) is 21.8 Å². The maximum Gasteiger partial charge on any atom is 0.275 e. The lowest BCUT2D eigenvalue weighted by atomic mass is 10.1. The maximum atomic E-state index is 13.0. The molecule has 0 bridgehead atoms. The number of nitrogens with zero attached hydrogens (tertiary/aromatic N) is 3. The van der Waals surface area contributed by atoms with Crippen LogP contribution in [0, 0.1) is 0 Å². The van der Waals surface area contributed by atoms with Crippen LogP contribution in [0.4, 0.5) is 5.69 Å². The Labute approximate surface area is 233 Å². The highest BCUT2D eigenvalue weighted by molar-refractivity contribution is 7.90. The maximum absolute atomic E-state index is 13.0. The van der Waals surface area contributed by atoms with Crippen LogP contribution in [0.2, 0.25) is 4.34 Å². The molecule has 5 aromatic rings. The highest BCUT2D eigenvalue weighted by atomic mass is 35.5. The molecule has 2 aromatic carbocycles. The van der Waals surface area contributed by atoms with Crippen LogP contribution in [0.3, 0.4) is 0 Å². The fraction of sp³-hybridized carbons (Fsp3) is 0.148. The molecule has 0 unspecified atom stereocenters. The molecule has 0 saturated heterocycles. The van der Waals surface area contributed by atoms with Gasteiger partial charge in [-0.15, -0.1) is 11.3 Å². The second-order valence-corrected chi connectivity index (χ2v) is 12.4. The van der Waals surface area contributed by atoms with Gasteiger partial charge in [-0.05, 0) is 35.9 Å². The van der Waals surface area contributed by atoms with Gasteiger partial charge in [0.1, 0.15) is 23.8 Å². The second-order valence-electron chi connectivity index (χ2n) is 8.69. The fourth-order valence-corrected chi connectivity index (χ4v) is 5.93. The van der Waals surface area contributed by atoms with Crippen molar-refractivity contribution in [2.45, 2.75) is 18.0 Å². The van der Waals surface area contributed by atoms with Crippen LogP contribution in [-0.2, 0) is 27.7 Å². The molecule has 3 heterocycles. The number of amides is 1. The highest BCUT2D eigenvalue weighted by Crippen LogP contribution is 2.32. The summed E-state index contributed by atoms with van der Waals surface area (Å²) in [4.78, 5) is 18.6. The highest BCUT2D eigenvalue weighted by Gasteiger charge is 2.18. The summed E-state index contributed by atoms with van der Waals surface area (Å²) in [5, 5.41) is 6.97. The molecular weight excluding hydrogens is 560 g/mol. The molecule has 0 saturated carbocycles. The average Bonchev–Trinajstić information content (AvgIpc) is 3.65. The molecule has 39 heavy (non-hydrogen) atoms. The number of hydrogen-bond acceptors (Lipinski definition) is 8. The van der Waals surface area contributed by atoms with E-state index in [1.54, 1.807) is 72.5 Å². The normalized spacial score (nSPS) is 11.6. The number of halogens is 1. The minimum absolute atomic E-state index is 0.201. The molecule has 0 aliphatic heterocycles. The Balaban J connectivity index is 1.32. The Bertz CT molecular complexity index is 1740. The SMILES string of the molecule is COCc1nc(C(=O)Nc2ccc(-c3ccccc3S(C)(=O)=O)cc2)cn1Cc1cc(-c2ccc(Cl)s2)on1. The molecular formula is C27H23ClN4O5S2. The van der Waals surface area contributed by atoms with Gasteiger partial charge in [-0.25, -0.2) is 13.4 Å². The summed E-state index contributed by atoms with van der Waals surface area (Å²) in [5.41, 5.74) is 2.72. The Morgan fingerprint density at radius 3 is 2.59 bits per heavy atom. The molecule has 0 radical (unpaired) electrons. The standard InChI is InChI=1S/C27H23ClN4O5S2/c1-36-16-26-30-21(15-32(26)14-19-13-22(37-31-19)23-11-12-25(28)38-23)27(33)29-18-9-7-17(8-10-18)20-5-3-4-6-24(20)39(2,34)35/h3-13,15H,14,16H2,1-2H3,(H,29,33). The van der Waals surface area contributed by atoms with Crippen molar-refractivity contribution in [1.82, 2.24) is 14.7 Å². The third-order valence-electron chi connectivity index (χ3n) is 5.81. The lowest BCUT2D eigenvalue weighted by Crippen LogP contribution is -2.12. The van der Waals surface area contributed by atoms with E-state index in [1.165, 1.54) is 17.6 Å². The Morgan fingerprint density at radius 1 is 1.13 bits per heavy atom. The summed E-state index contributed by atoms with van der Waals surface area (Å²) in [6.07, 6.45) is 2.81. The number of rotatable bonds is 9. The van der Waals surface area contributed by atoms with Crippen molar-refractivity contribution in [1.29, 1.82) is 0 Å². The molecule has 1 amide bonds. The molecule has 1 N–H and O–H groups in total. The molecule has 0 spiro atoms. The van der Waals surface area contributed by atoms with Crippen LogP contribution < -0.4 is 5.32 Å². The molecule has 0 aliphatic carbocycles. The third kappa shape index (κ3) is 6.12.